The van der Waals surface area contributed by atoms with Gasteiger partial charge in [0.05, 0.1) is 0 Å². The van der Waals surface area contributed by atoms with Gasteiger partial charge in [-0.05, 0) is 16.6 Å². The number of nitrogens with zero attached hydrogens (tertiary/aromatic N) is 1. The first-order valence-electron chi connectivity index (χ1n) is 8.56. The number of hydrogen-bond acceptors (Lipinski definition) is 2. The van der Waals surface area contributed by atoms with Gasteiger partial charge >= 0.3 is 8.57 Å². The molecule has 0 radical (unpaired) electrons. The summed E-state index contributed by atoms with van der Waals surface area (Å²) >= 11 is 0. The highest BCUT2D eigenvalue weighted by atomic mass is 28.4. The Hall–Kier alpha value is 0.501. The SMILES string of the molecule is CC(C)(C)[Si](F)(N(CCN[Si](C)(C)C)[Si](C)(C)C)C(C)(C)C. The van der Waals surface area contributed by atoms with E-state index in [1.165, 1.54) is 0 Å². The Labute approximate surface area is 142 Å². The predicted molar refractivity (Wildman–Crippen MR) is 108 cm³/mol. The molecule has 0 aliphatic heterocycles. The monoisotopic (exact) mass is 364 g/mol. The average molecular weight is 365 g/mol. The van der Waals surface area contributed by atoms with Gasteiger partial charge in [-0.1, -0.05) is 80.8 Å². The molecule has 22 heavy (non-hydrogen) atoms. The highest BCUT2D eigenvalue weighted by Gasteiger charge is 2.61. The Morgan fingerprint density at radius 1 is 0.818 bits per heavy atom. The molecule has 0 aromatic carbocycles. The van der Waals surface area contributed by atoms with Crippen LogP contribution >= 0.6 is 0 Å². The zero-order chi connectivity index (χ0) is 18.2. The molecule has 6 heteroatoms. The second kappa shape index (κ2) is 6.78. The Balaban J connectivity index is 5.65. The molecule has 0 aromatic rings. The Bertz CT molecular complexity index is 346. The van der Waals surface area contributed by atoms with Gasteiger partial charge < -0.3 is 9.21 Å². The summed E-state index contributed by atoms with van der Waals surface area (Å²) in [6, 6.07) is 0. The summed E-state index contributed by atoms with van der Waals surface area (Å²) in [6.07, 6.45) is 0. The van der Waals surface area contributed by atoms with E-state index in [0.29, 0.717) is 0 Å². The van der Waals surface area contributed by atoms with Crippen LogP contribution in [0.5, 0.6) is 0 Å². The zero-order valence-electron chi connectivity index (χ0n) is 17.2. The summed E-state index contributed by atoms with van der Waals surface area (Å²) in [5.41, 5.74) is 0. The van der Waals surface area contributed by atoms with E-state index >= 15 is 4.11 Å². The summed E-state index contributed by atoms with van der Waals surface area (Å²) in [5, 5.41) is -0.574. The summed E-state index contributed by atoms with van der Waals surface area (Å²) in [4.78, 5) is 3.67. The van der Waals surface area contributed by atoms with Gasteiger partial charge in [0.25, 0.3) is 0 Å². The first-order valence-corrected chi connectivity index (χ1v) is 17.3. The topological polar surface area (TPSA) is 15.3 Å². The Morgan fingerprint density at radius 3 is 1.41 bits per heavy atom. The van der Waals surface area contributed by atoms with E-state index in [2.05, 4.69) is 90.0 Å². The molecule has 0 heterocycles. The smallest absolute Gasteiger partial charge is 0.326 e. The minimum Gasteiger partial charge on any atom is -0.336 e. The maximum atomic E-state index is 16.7. The molecule has 0 rings (SSSR count). The fraction of sp³-hybridized carbons (Fsp3) is 1.00. The highest BCUT2D eigenvalue weighted by Crippen LogP contribution is 2.54. The third-order valence-electron chi connectivity index (χ3n) is 4.16. The molecule has 0 aromatic heterocycles. The normalized spacial score (nSPS) is 15.5. The van der Waals surface area contributed by atoms with Gasteiger partial charge in [-0.15, -0.1) is 0 Å². The van der Waals surface area contributed by atoms with Crippen LogP contribution in [0.3, 0.4) is 0 Å². The van der Waals surface area contributed by atoms with Crippen molar-refractivity contribution in [3.8, 4) is 0 Å². The quantitative estimate of drug-likeness (QED) is 0.490. The van der Waals surface area contributed by atoms with Gasteiger partial charge in [0.1, 0.15) is 16.5 Å². The molecule has 0 unspecified atom stereocenters. The van der Waals surface area contributed by atoms with E-state index < -0.39 is 25.0 Å². The van der Waals surface area contributed by atoms with E-state index in [1.807, 2.05) is 0 Å². The molecule has 0 fully saturated rings. The largest absolute Gasteiger partial charge is 0.336 e. The van der Waals surface area contributed by atoms with Crippen LogP contribution in [0.4, 0.5) is 4.11 Å². The maximum Gasteiger partial charge on any atom is 0.326 e. The van der Waals surface area contributed by atoms with Crippen LogP contribution in [-0.2, 0) is 0 Å². The van der Waals surface area contributed by atoms with Crippen LogP contribution in [0.25, 0.3) is 0 Å². The van der Waals surface area contributed by atoms with E-state index in [-0.39, 0.29) is 10.1 Å². The first kappa shape index (κ1) is 22.5. The molecule has 0 amide bonds. The fourth-order valence-corrected chi connectivity index (χ4v) is 15.1. The van der Waals surface area contributed by atoms with Crippen LogP contribution in [0, 0.1) is 0 Å². The molecule has 0 aliphatic rings. The summed E-state index contributed by atoms with van der Waals surface area (Å²) in [7, 11) is -6.19. The van der Waals surface area contributed by atoms with Crippen LogP contribution in [0.2, 0.25) is 49.4 Å². The van der Waals surface area contributed by atoms with Crippen molar-refractivity contribution in [2.45, 2.75) is 90.9 Å². The lowest BCUT2D eigenvalue weighted by Crippen LogP contribution is -2.70. The van der Waals surface area contributed by atoms with Crippen LogP contribution < -0.4 is 4.98 Å². The van der Waals surface area contributed by atoms with Crippen molar-refractivity contribution in [1.82, 2.24) is 9.21 Å². The van der Waals surface area contributed by atoms with Crippen LogP contribution in [-0.4, -0.2) is 42.4 Å². The third kappa shape index (κ3) is 5.54. The van der Waals surface area contributed by atoms with Gasteiger partial charge in [-0.25, -0.2) is 0 Å². The van der Waals surface area contributed by atoms with Gasteiger partial charge in [0.2, 0.25) is 0 Å². The molecule has 0 spiro atoms. The second-order valence-corrected chi connectivity index (χ2v) is 25.6. The van der Waals surface area contributed by atoms with Crippen LogP contribution in [0.15, 0.2) is 0 Å². The summed E-state index contributed by atoms with van der Waals surface area (Å²) < 4.78 is 19.0. The molecular formula is C16H41FN2Si3. The van der Waals surface area contributed by atoms with Crippen molar-refractivity contribution in [2.75, 3.05) is 13.1 Å². The van der Waals surface area contributed by atoms with Gasteiger partial charge in [-0.3, -0.25) is 4.11 Å². The molecule has 0 aliphatic carbocycles. The molecule has 0 saturated carbocycles. The standard InChI is InChI=1S/C16H41FN2Si3/c1-15(2,3)22(17,16(4,5)6)19(21(10,11)12)14-13-18-20(7,8)9/h18H,13-14H2,1-12H3. The third-order valence-corrected chi connectivity index (χ3v) is 15.2. The first-order chi connectivity index (χ1) is 9.34. The van der Waals surface area contributed by atoms with Crippen molar-refractivity contribution in [1.29, 1.82) is 0 Å². The van der Waals surface area contributed by atoms with Crippen molar-refractivity contribution in [3.63, 3.8) is 0 Å². The van der Waals surface area contributed by atoms with E-state index in [9.17, 15) is 0 Å². The van der Waals surface area contributed by atoms with Gasteiger partial charge in [0, 0.05) is 6.54 Å². The van der Waals surface area contributed by atoms with E-state index in [0.717, 1.165) is 13.1 Å². The average Bonchev–Trinajstić information content (AvgIpc) is 2.16. The van der Waals surface area contributed by atoms with Crippen LogP contribution in [0.1, 0.15) is 41.5 Å². The van der Waals surface area contributed by atoms with Crippen molar-refractivity contribution >= 4 is 25.0 Å². The molecule has 0 bridgehead atoms. The lowest BCUT2D eigenvalue weighted by Gasteiger charge is -2.55. The number of halogens is 1. The Morgan fingerprint density at radius 2 is 1.18 bits per heavy atom. The molecule has 0 atom stereocenters. The number of hydrogen-bond donors (Lipinski definition) is 1. The van der Waals surface area contributed by atoms with Crippen molar-refractivity contribution in [2.24, 2.45) is 0 Å². The summed E-state index contributed by atoms with van der Waals surface area (Å²) in [5.74, 6) is 0. The fourth-order valence-electron chi connectivity index (χ4n) is 3.43. The molecular weight excluding hydrogens is 323 g/mol. The maximum absolute atomic E-state index is 16.7. The van der Waals surface area contributed by atoms with Gasteiger partial charge in [0.15, 0.2) is 0 Å². The highest BCUT2D eigenvalue weighted by molar-refractivity contribution is 6.90. The lowest BCUT2D eigenvalue weighted by atomic mass is 10.2. The predicted octanol–water partition coefficient (Wildman–Crippen LogP) is 5.56. The number of rotatable bonds is 6. The Kier molecular flexibility index (Phi) is 6.94. The lowest BCUT2D eigenvalue weighted by molar-refractivity contribution is 0.404. The minimum absolute atomic E-state index is 0.287. The summed E-state index contributed by atoms with van der Waals surface area (Å²) in [6.45, 7) is 28.1. The zero-order valence-corrected chi connectivity index (χ0v) is 20.2. The van der Waals surface area contributed by atoms with E-state index in [4.69, 9.17) is 0 Å². The van der Waals surface area contributed by atoms with Crippen molar-refractivity contribution < 1.29 is 4.11 Å². The number of nitrogens with one attached hydrogen (secondary N) is 1. The molecule has 0 saturated heterocycles. The minimum atomic E-state index is -3.14. The van der Waals surface area contributed by atoms with Gasteiger partial charge in [-0.2, -0.15) is 0 Å². The van der Waals surface area contributed by atoms with E-state index in [1.54, 1.807) is 0 Å². The molecule has 134 valence electrons. The van der Waals surface area contributed by atoms with Crippen molar-refractivity contribution in [3.05, 3.63) is 0 Å². The molecule has 1 N–H and O–H groups in total. The molecule has 2 nitrogen and oxygen atoms in total. The second-order valence-electron chi connectivity index (χ2n) is 10.6.